The summed E-state index contributed by atoms with van der Waals surface area (Å²) in [5, 5.41) is 0.942. The Labute approximate surface area is 380 Å². The lowest BCUT2D eigenvalue weighted by atomic mass is 10.0. The second-order valence-electron chi connectivity index (χ2n) is 16.3. The molecular formula is C56H40N10. The van der Waals surface area contributed by atoms with Gasteiger partial charge >= 0.3 is 0 Å². The van der Waals surface area contributed by atoms with Gasteiger partial charge in [0, 0.05) is 87.5 Å². The minimum absolute atomic E-state index is 0.625. The van der Waals surface area contributed by atoms with E-state index in [1.54, 1.807) is 6.20 Å². The van der Waals surface area contributed by atoms with Gasteiger partial charge in [0.05, 0.1) is 45.0 Å². The normalized spacial score (nSPS) is 12.0. The minimum atomic E-state index is 0.625. The lowest BCUT2D eigenvalue weighted by Gasteiger charge is -2.14. The number of nitrogens with two attached hydrogens (primary N) is 1. The van der Waals surface area contributed by atoms with Crippen molar-refractivity contribution >= 4 is 33.7 Å². The van der Waals surface area contributed by atoms with Crippen molar-refractivity contribution in [3.8, 4) is 79.3 Å². The number of hydrogen-bond donors (Lipinski definition) is 1. The van der Waals surface area contributed by atoms with Crippen molar-refractivity contribution < 1.29 is 0 Å². The molecule has 0 radical (unpaired) electrons. The molecule has 0 fully saturated rings. The summed E-state index contributed by atoms with van der Waals surface area (Å²) < 4.78 is 4.49. The van der Waals surface area contributed by atoms with Crippen LogP contribution in [0.15, 0.2) is 183 Å². The van der Waals surface area contributed by atoms with Crippen LogP contribution in [0.5, 0.6) is 0 Å². The zero-order chi connectivity index (χ0) is 44.1. The molecule has 0 aliphatic heterocycles. The van der Waals surface area contributed by atoms with Crippen LogP contribution in [0.25, 0.3) is 107 Å². The number of rotatable bonds is 8. The third kappa shape index (κ3) is 6.45. The maximum atomic E-state index is 6.82. The molecule has 314 valence electrons. The van der Waals surface area contributed by atoms with Gasteiger partial charge in [-0.25, -0.2) is 19.9 Å². The van der Waals surface area contributed by atoms with E-state index in [0.717, 1.165) is 119 Å². The van der Waals surface area contributed by atoms with E-state index in [2.05, 4.69) is 119 Å². The van der Waals surface area contributed by atoms with Crippen LogP contribution in [-0.2, 0) is 6.42 Å². The van der Waals surface area contributed by atoms with E-state index < -0.39 is 0 Å². The molecule has 10 nitrogen and oxygen atoms in total. The number of anilines is 1. The zero-order valence-electron chi connectivity index (χ0n) is 35.9. The van der Waals surface area contributed by atoms with Crippen molar-refractivity contribution in [1.82, 2.24) is 44.0 Å². The van der Waals surface area contributed by atoms with Crippen molar-refractivity contribution in [3.63, 3.8) is 0 Å². The summed E-state index contributed by atoms with van der Waals surface area (Å²) in [5.41, 5.74) is 23.5. The molecule has 6 heterocycles. The Kier molecular flexibility index (Phi) is 9.41. The summed E-state index contributed by atoms with van der Waals surface area (Å²) in [7, 11) is 0. The van der Waals surface area contributed by atoms with Gasteiger partial charge in [-0.05, 0) is 84.3 Å². The number of pyridine rings is 3. The fourth-order valence-corrected chi connectivity index (χ4v) is 9.20. The average Bonchev–Trinajstić information content (AvgIpc) is 3.93. The van der Waals surface area contributed by atoms with Gasteiger partial charge in [0.15, 0.2) is 5.82 Å². The Morgan fingerprint density at radius 1 is 0.530 bits per heavy atom. The van der Waals surface area contributed by atoms with Crippen LogP contribution in [0.4, 0.5) is 5.69 Å². The molecular weight excluding hydrogens is 813 g/mol. The molecule has 10 heteroatoms. The predicted molar refractivity (Wildman–Crippen MR) is 264 cm³/mol. The summed E-state index contributed by atoms with van der Waals surface area (Å²) >= 11 is 0. The van der Waals surface area contributed by atoms with E-state index in [1.165, 1.54) is 0 Å². The Bertz CT molecular complexity index is 3630. The first-order valence-electron chi connectivity index (χ1n) is 22.0. The molecule has 12 rings (SSSR count). The average molecular weight is 853 g/mol. The van der Waals surface area contributed by atoms with E-state index >= 15 is 0 Å². The van der Waals surface area contributed by atoms with Crippen LogP contribution in [-0.4, -0.2) is 44.0 Å². The van der Waals surface area contributed by atoms with E-state index in [1.807, 2.05) is 79.4 Å². The largest absolute Gasteiger partial charge is 0.396 e. The molecule has 0 saturated heterocycles. The van der Waals surface area contributed by atoms with Gasteiger partial charge < -0.3 is 5.73 Å². The number of aromatic nitrogens is 9. The zero-order valence-corrected chi connectivity index (χ0v) is 35.9. The SMILES string of the molecule is CC/C=C\c1c(N)c2ncccc2c2c1nc(-c1ccccc1)n2-c1ccc(-c2cnc(-c3ccc(-n4c(-c5ccccc5)nc5c4Cc4cccnc4-c4ncccc4-5)cc3)nc2)cc1. The predicted octanol–water partition coefficient (Wildman–Crippen LogP) is 12.3. The molecule has 0 bridgehead atoms. The molecule has 0 amide bonds. The fraction of sp³-hybridized carbons (Fsp3) is 0.0536. The molecule has 6 aromatic heterocycles. The Morgan fingerprint density at radius 2 is 1.15 bits per heavy atom. The van der Waals surface area contributed by atoms with Crippen LogP contribution in [0.1, 0.15) is 30.2 Å². The smallest absolute Gasteiger partial charge is 0.159 e. The molecule has 66 heavy (non-hydrogen) atoms. The number of nitrogen functional groups attached to an aromatic ring is 1. The van der Waals surface area contributed by atoms with Gasteiger partial charge in [-0.1, -0.05) is 97.9 Å². The van der Waals surface area contributed by atoms with Crippen molar-refractivity contribution in [3.05, 3.63) is 199 Å². The first kappa shape index (κ1) is 38.8. The van der Waals surface area contributed by atoms with Gasteiger partial charge in [-0.15, -0.1) is 0 Å². The standard InChI is InChI=1S/C56H40N10/c1-2-3-18-43-47(57)50-45(20-12-30-59-50)53-52(43)64-56(38-15-8-5-9-16-38)66(53)42-25-21-35(22-26-42)40-33-61-54(62-34-40)36-23-27-41(28-24-36)65-46-32-39-17-10-29-58-48(39)51-44(19-11-31-60-51)49(46)63-55(65)37-13-6-4-7-14-37/h3-31,33-34H,2,32,57H2,1H3/b18-3-. The lowest BCUT2D eigenvalue weighted by molar-refractivity contribution is 0.962. The van der Waals surface area contributed by atoms with Gasteiger partial charge in [0.2, 0.25) is 0 Å². The number of hydrogen-bond acceptors (Lipinski definition) is 8. The molecule has 1 aliphatic rings. The maximum Gasteiger partial charge on any atom is 0.159 e. The highest BCUT2D eigenvalue weighted by molar-refractivity contribution is 6.14. The maximum absolute atomic E-state index is 6.82. The lowest BCUT2D eigenvalue weighted by Crippen LogP contribution is -2.04. The van der Waals surface area contributed by atoms with Gasteiger partial charge in [-0.3, -0.25) is 24.1 Å². The summed E-state index contributed by atoms with van der Waals surface area (Å²) in [6, 6.07) is 49.7. The monoisotopic (exact) mass is 852 g/mol. The third-order valence-corrected chi connectivity index (χ3v) is 12.3. The Hall–Kier alpha value is -8.89. The van der Waals surface area contributed by atoms with Crippen molar-refractivity contribution in [2.24, 2.45) is 0 Å². The minimum Gasteiger partial charge on any atom is -0.396 e. The van der Waals surface area contributed by atoms with Gasteiger partial charge in [0.25, 0.3) is 0 Å². The van der Waals surface area contributed by atoms with Crippen molar-refractivity contribution in [1.29, 1.82) is 0 Å². The van der Waals surface area contributed by atoms with E-state index in [0.29, 0.717) is 17.9 Å². The second kappa shape index (κ2) is 16.0. The molecule has 0 saturated carbocycles. The molecule has 0 unspecified atom stereocenters. The molecule has 1 aliphatic carbocycles. The summed E-state index contributed by atoms with van der Waals surface area (Å²) in [4.78, 5) is 34.7. The molecule has 11 aromatic rings. The van der Waals surface area contributed by atoms with Crippen LogP contribution < -0.4 is 5.73 Å². The first-order chi connectivity index (χ1) is 32.6. The number of benzene rings is 5. The molecule has 0 spiro atoms. The second-order valence-corrected chi connectivity index (χ2v) is 16.3. The molecule has 5 aromatic carbocycles. The fourth-order valence-electron chi connectivity index (χ4n) is 9.20. The van der Waals surface area contributed by atoms with E-state index in [-0.39, 0.29) is 0 Å². The number of allylic oxidation sites excluding steroid dienone is 1. The first-order valence-corrected chi connectivity index (χ1v) is 22.0. The van der Waals surface area contributed by atoms with Crippen molar-refractivity contribution in [2.75, 3.05) is 5.73 Å². The Morgan fingerprint density at radius 3 is 1.86 bits per heavy atom. The Balaban J connectivity index is 0.894. The summed E-state index contributed by atoms with van der Waals surface area (Å²) in [6.07, 6.45) is 14.9. The number of nitrogens with zero attached hydrogens (tertiary/aromatic N) is 9. The van der Waals surface area contributed by atoms with Gasteiger partial charge in [-0.2, -0.15) is 0 Å². The highest BCUT2D eigenvalue weighted by Gasteiger charge is 2.29. The summed E-state index contributed by atoms with van der Waals surface area (Å²) in [5.74, 6) is 2.33. The van der Waals surface area contributed by atoms with Crippen LogP contribution in [0, 0.1) is 0 Å². The van der Waals surface area contributed by atoms with Crippen LogP contribution >= 0.6 is 0 Å². The molecule has 0 atom stereocenters. The quantitative estimate of drug-likeness (QED) is 0.150. The van der Waals surface area contributed by atoms with Crippen molar-refractivity contribution in [2.45, 2.75) is 19.8 Å². The van der Waals surface area contributed by atoms with Crippen LogP contribution in [0.3, 0.4) is 0 Å². The summed E-state index contributed by atoms with van der Waals surface area (Å²) in [6.45, 7) is 2.11. The number of fused-ring (bicyclic) bond motifs is 8. The molecule has 2 N–H and O–H groups in total. The van der Waals surface area contributed by atoms with E-state index in [9.17, 15) is 0 Å². The highest BCUT2D eigenvalue weighted by atomic mass is 15.1. The van der Waals surface area contributed by atoms with E-state index in [4.69, 9.17) is 40.6 Å². The number of imidazole rings is 2. The highest BCUT2D eigenvalue weighted by Crippen LogP contribution is 2.42. The van der Waals surface area contributed by atoms with Gasteiger partial charge in [0.1, 0.15) is 11.6 Å². The third-order valence-electron chi connectivity index (χ3n) is 12.3. The van der Waals surface area contributed by atoms with Crippen LogP contribution in [0.2, 0.25) is 0 Å². The topological polar surface area (TPSA) is 126 Å².